The van der Waals surface area contributed by atoms with Crippen LogP contribution in [0, 0.1) is 0 Å². The normalized spacial score (nSPS) is 11.6. The molecule has 0 aliphatic carbocycles. The van der Waals surface area contributed by atoms with Gasteiger partial charge in [-0.15, -0.1) is 0 Å². The maximum atomic E-state index is 6.53. The Morgan fingerprint density at radius 3 is 0.829 bits per heavy atom. The Bertz CT molecular complexity index is 552. The van der Waals surface area contributed by atoms with Crippen molar-refractivity contribution in [2.24, 2.45) is 0 Å². The van der Waals surface area contributed by atoms with Crippen LogP contribution < -0.4 is 0 Å². The summed E-state index contributed by atoms with van der Waals surface area (Å²) in [6, 6.07) is 0. The van der Waals surface area contributed by atoms with Gasteiger partial charge in [0, 0.05) is 23.0 Å². The van der Waals surface area contributed by atoms with Crippen molar-refractivity contribution >= 4 is 113 Å². The summed E-state index contributed by atoms with van der Waals surface area (Å²) >= 11 is 27.3. The molecule has 0 heterocycles. The minimum Gasteiger partial charge on any atom is -0.476 e. The van der Waals surface area contributed by atoms with E-state index in [1.165, 1.54) is 47.0 Å². The Hall–Kier alpha value is 0.920. The molecule has 0 saturated heterocycles. The van der Waals surface area contributed by atoms with Gasteiger partial charge >= 0.3 is 0 Å². The fraction of sp³-hybridized carbons (Fsp3) is 0.818. The summed E-state index contributed by atoms with van der Waals surface area (Å²) in [5, 5.41) is 0. The van der Waals surface area contributed by atoms with E-state index in [4.69, 9.17) is 72.6 Å². The van der Waals surface area contributed by atoms with E-state index in [0.717, 1.165) is 0 Å². The summed E-state index contributed by atoms with van der Waals surface area (Å²) in [7, 11) is 0. The molecule has 0 N–H and O–H groups in total. The second kappa shape index (κ2) is 20.8. The van der Waals surface area contributed by atoms with Crippen molar-refractivity contribution in [1.29, 1.82) is 0 Å². The lowest BCUT2D eigenvalue weighted by Crippen LogP contribution is -2.31. The summed E-state index contributed by atoms with van der Waals surface area (Å²) < 4.78 is 31.0. The SMILES string of the molecule is CC(C)OC(=S)SCC(CSC(=S)OC(C)C)OC(CSC(=S)OC(C)C)CSC(=S)OC(C)C. The molecule has 0 fully saturated rings. The average Bonchev–Trinajstić information content (AvgIpc) is 2.69. The van der Waals surface area contributed by atoms with E-state index in [2.05, 4.69) is 0 Å². The molecule has 0 aromatic heterocycles. The van der Waals surface area contributed by atoms with Gasteiger partial charge in [-0.2, -0.15) is 0 Å². The maximum Gasteiger partial charge on any atom is 0.220 e. The van der Waals surface area contributed by atoms with Gasteiger partial charge in [0.05, 0.1) is 36.6 Å². The van der Waals surface area contributed by atoms with Crippen molar-refractivity contribution in [2.45, 2.75) is 92.0 Å². The van der Waals surface area contributed by atoms with Crippen LogP contribution >= 0.6 is 95.9 Å². The van der Waals surface area contributed by atoms with Crippen LogP contribution in [0.3, 0.4) is 0 Å². The number of rotatable bonds is 14. The zero-order chi connectivity index (χ0) is 27.0. The molecule has 0 aromatic carbocycles. The molecule has 0 amide bonds. The molecule has 0 atom stereocenters. The highest BCUT2D eigenvalue weighted by Crippen LogP contribution is 2.23. The van der Waals surface area contributed by atoms with Crippen LogP contribution in [0.25, 0.3) is 0 Å². The lowest BCUT2D eigenvalue weighted by atomic mass is 10.4. The molecule has 0 aliphatic rings. The summed E-state index contributed by atoms with van der Waals surface area (Å²) in [4.78, 5) is 0. The summed E-state index contributed by atoms with van der Waals surface area (Å²) in [6.45, 7) is 15.6. The molecule has 0 aromatic rings. The second-order valence-corrected chi connectivity index (χ2v) is 14.8. The van der Waals surface area contributed by atoms with E-state index in [9.17, 15) is 0 Å². The molecule has 35 heavy (non-hydrogen) atoms. The molecular weight excluding hydrogens is 601 g/mol. The van der Waals surface area contributed by atoms with Gasteiger partial charge in [0.25, 0.3) is 0 Å². The topological polar surface area (TPSA) is 46.2 Å². The monoisotopic (exact) mass is 638 g/mol. The molecule has 204 valence electrons. The molecule has 0 rings (SSSR count). The highest BCUT2D eigenvalue weighted by atomic mass is 32.2. The van der Waals surface area contributed by atoms with E-state index in [1.807, 2.05) is 55.4 Å². The van der Waals surface area contributed by atoms with Crippen LogP contribution in [0.4, 0.5) is 0 Å². The molecule has 13 heteroatoms. The number of hydrogen-bond donors (Lipinski definition) is 0. The summed E-state index contributed by atoms with van der Waals surface area (Å²) in [5.41, 5.74) is 0. The molecule has 0 unspecified atom stereocenters. The van der Waals surface area contributed by atoms with E-state index in [1.54, 1.807) is 0 Å². The second-order valence-electron chi connectivity index (χ2n) is 8.29. The fourth-order valence-corrected chi connectivity index (χ4v) is 7.08. The van der Waals surface area contributed by atoms with Crippen molar-refractivity contribution in [3.63, 3.8) is 0 Å². The lowest BCUT2D eigenvalue weighted by Gasteiger charge is -2.25. The van der Waals surface area contributed by atoms with E-state index < -0.39 is 0 Å². The molecule has 0 spiro atoms. The van der Waals surface area contributed by atoms with Gasteiger partial charge in [0.15, 0.2) is 0 Å². The van der Waals surface area contributed by atoms with Gasteiger partial charge in [-0.3, -0.25) is 0 Å². The van der Waals surface area contributed by atoms with Gasteiger partial charge in [-0.25, -0.2) is 0 Å². The van der Waals surface area contributed by atoms with Crippen LogP contribution in [-0.2, 0) is 23.7 Å². The first-order chi connectivity index (χ1) is 16.3. The summed E-state index contributed by atoms with van der Waals surface area (Å²) in [5.74, 6) is 2.48. The third-order valence-corrected chi connectivity index (χ3v) is 8.54. The molecule has 0 bridgehead atoms. The average molecular weight is 639 g/mol. The first-order valence-electron chi connectivity index (χ1n) is 11.3. The van der Waals surface area contributed by atoms with Crippen molar-refractivity contribution < 1.29 is 23.7 Å². The van der Waals surface area contributed by atoms with Crippen LogP contribution in [0.5, 0.6) is 0 Å². The third kappa shape index (κ3) is 22.6. The van der Waals surface area contributed by atoms with Crippen molar-refractivity contribution in [1.82, 2.24) is 0 Å². The molecule has 0 aliphatic heterocycles. The van der Waals surface area contributed by atoms with Crippen LogP contribution in [-0.4, -0.2) is 77.2 Å². The van der Waals surface area contributed by atoms with Crippen molar-refractivity contribution in [2.75, 3.05) is 23.0 Å². The Kier molecular flexibility index (Phi) is 21.4. The van der Waals surface area contributed by atoms with Gasteiger partial charge in [-0.1, -0.05) is 47.0 Å². The Labute approximate surface area is 250 Å². The van der Waals surface area contributed by atoms with Crippen LogP contribution in [0.15, 0.2) is 0 Å². The van der Waals surface area contributed by atoms with Crippen molar-refractivity contribution in [3.05, 3.63) is 0 Å². The number of thiocarbonyl (C=S) groups is 4. The largest absolute Gasteiger partial charge is 0.476 e. The molecule has 5 nitrogen and oxygen atoms in total. The minimum absolute atomic E-state index is 0.0280. The zero-order valence-corrected chi connectivity index (χ0v) is 28.1. The van der Waals surface area contributed by atoms with E-state index in [0.29, 0.717) is 40.5 Å². The Balaban J connectivity index is 5.27. The predicted molar refractivity (Wildman–Crippen MR) is 174 cm³/mol. The number of thioether (sulfide) groups is 4. The van der Waals surface area contributed by atoms with Gasteiger partial charge < -0.3 is 23.7 Å². The van der Waals surface area contributed by atoms with Crippen molar-refractivity contribution in [3.8, 4) is 0 Å². The zero-order valence-electron chi connectivity index (χ0n) is 21.6. The predicted octanol–water partition coefficient (Wildman–Crippen LogP) is 7.51. The number of hydrogen-bond acceptors (Lipinski definition) is 13. The Morgan fingerprint density at radius 2 is 0.657 bits per heavy atom. The van der Waals surface area contributed by atoms with Gasteiger partial charge in [-0.05, 0) is 104 Å². The molecule has 0 saturated carbocycles. The smallest absolute Gasteiger partial charge is 0.220 e. The quantitative estimate of drug-likeness (QED) is 0.177. The van der Waals surface area contributed by atoms with E-state index in [-0.39, 0.29) is 36.6 Å². The highest BCUT2D eigenvalue weighted by molar-refractivity contribution is 8.24. The standard InChI is InChI=1S/C22H38O5S8/c1-13(2)23-19(28)32-9-17(10-33-20(29)24-14(3)4)27-18(11-34-21(30)25-15(5)6)12-35-22(31)26-16(7)8/h13-18H,9-12H2,1-8H3. The molecule has 0 radical (unpaired) electrons. The first-order valence-corrected chi connectivity index (χ1v) is 16.8. The van der Waals surface area contributed by atoms with Crippen LogP contribution in [0.1, 0.15) is 55.4 Å². The third-order valence-electron chi connectivity index (χ3n) is 3.26. The fourth-order valence-electron chi connectivity index (χ4n) is 2.08. The minimum atomic E-state index is -0.155. The molecular formula is C22H38O5S8. The highest BCUT2D eigenvalue weighted by Gasteiger charge is 2.22. The van der Waals surface area contributed by atoms with E-state index >= 15 is 0 Å². The Morgan fingerprint density at radius 1 is 0.457 bits per heavy atom. The van der Waals surface area contributed by atoms with Gasteiger partial charge in [0.2, 0.25) is 17.5 Å². The maximum absolute atomic E-state index is 6.53. The summed E-state index contributed by atoms with van der Waals surface area (Å²) in [6.07, 6.45) is -0.198. The van der Waals surface area contributed by atoms with Gasteiger partial charge in [0.1, 0.15) is 0 Å². The van der Waals surface area contributed by atoms with Crippen LogP contribution in [0.2, 0.25) is 0 Å². The lowest BCUT2D eigenvalue weighted by molar-refractivity contribution is 0.0410. The first kappa shape index (κ1) is 35.9. The number of ether oxygens (including phenoxy) is 5.